The number of carbonyl (C=O) groups excluding carboxylic acids is 1. The van der Waals surface area contributed by atoms with E-state index in [0.29, 0.717) is 29.3 Å². The van der Waals surface area contributed by atoms with Gasteiger partial charge in [-0.05, 0) is 59.7 Å². The monoisotopic (exact) mass is 432 g/mol. The van der Waals surface area contributed by atoms with Crippen LogP contribution in [0.15, 0.2) is 34.2 Å². The van der Waals surface area contributed by atoms with Gasteiger partial charge in [-0.25, -0.2) is 0 Å². The lowest BCUT2D eigenvalue weighted by atomic mass is 9.90. The third-order valence-corrected chi connectivity index (χ3v) is 6.49. The number of fused-ring (bicyclic) bond motifs is 1. The fourth-order valence-corrected chi connectivity index (χ4v) is 4.87. The summed E-state index contributed by atoms with van der Waals surface area (Å²) in [7, 11) is 3.25. The van der Waals surface area contributed by atoms with E-state index in [-0.39, 0.29) is 23.6 Å². The number of ether oxygens (including phenoxy) is 2. The van der Waals surface area contributed by atoms with Gasteiger partial charge in [0, 0.05) is 17.0 Å². The van der Waals surface area contributed by atoms with E-state index in [9.17, 15) is 4.79 Å². The van der Waals surface area contributed by atoms with Crippen LogP contribution in [-0.2, 0) is 17.6 Å². The average molecular weight is 433 g/mol. The van der Waals surface area contributed by atoms with Crippen LogP contribution in [0.1, 0.15) is 33.3 Å². The van der Waals surface area contributed by atoms with Gasteiger partial charge in [-0.15, -0.1) is 11.3 Å². The maximum atomic E-state index is 13.3. The summed E-state index contributed by atoms with van der Waals surface area (Å²) in [5.74, 6) is 1.33. The number of thiophene rings is 1. The molecule has 0 saturated carbocycles. The predicted molar refractivity (Wildman–Crippen MR) is 111 cm³/mol. The van der Waals surface area contributed by atoms with Crippen LogP contribution in [0.2, 0.25) is 5.22 Å². The van der Waals surface area contributed by atoms with Crippen LogP contribution in [0.3, 0.4) is 0 Å². The second kappa shape index (κ2) is 8.08. The standard InChI is InChI=1S/C21H21ClN2O4S/c1-12-14(21(22)28-23-12)11-19(25)24-7-6-13-9-16(26-2)17(27-3)10-15(13)20(24)18-5-4-8-29-18/h4-5,8-10,20H,6-7,11H2,1-3H3/t20-/m1/s1. The van der Waals surface area contributed by atoms with Crippen molar-refractivity contribution in [1.82, 2.24) is 10.1 Å². The Bertz CT molecular complexity index is 1010. The van der Waals surface area contributed by atoms with Crippen molar-refractivity contribution in [2.24, 2.45) is 0 Å². The first kappa shape index (κ1) is 19.8. The minimum atomic E-state index is -0.190. The molecule has 0 saturated heterocycles. The number of benzene rings is 1. The highest BCUT2D eigenvalue weighted by atomic mass is 35.5. The molecular weight excluding hydrogens is 412 g/mol. The second-order valence-corrected chi connectivity index (χ2v) is 8.18. The minimum absolute atomic E-state index is 0.0166. The van der Waals surface area contributed by atoms with Crippen molar-refractivity contribution in [2.45, 2.75) is 25.8 Å². The zero-order valence-corrected chi connectivity index (χ0v) is 18.0. The van der Waals surface area contributed by atoms with Crippen LogP contribution < -0.4 is 9.47 Å². The Morgan fingerprint density at radius 3 is 2.72 bits per heavy atom. The molecule has 29 heavy (non-hydrogen) atoms. The lowest BCUT2D eigenvalue weighted by Gasteiger charge is -2.37. The third-order valence-electron chi connectivity index (χ3n) is 5.27. The van der Waals surface area contributed by atoms with E-state index in [1.165, 1.54) is 0 Å². The number of halogens is 1. The molecule has 6 nitrogen and oxygen atoms in total. The molecule has 0 N–H and O–H groups in total. The number of nitrogens with zero attached hydrogens (tertiary/aromatic N) is 2. The molecule has 1 amide bonds. The topological polar surface area (TPSA) is 64.8 Å². The van der Waals surface area contributed by atoms with Gasteiger partial charge < -0.3 is 18.9 Å². The number of amides is 1. The molecule has 1 atom stereocenters. The van der Waals surface area contributed by atoms with Crippen molar-refractivity contribution >= 4 is 28.8 Å². The number of methoxy groups -OCH3 is 2. The second-order valence-electron chi connectivity index (χ2n) is 6.86. The van der Waals surface area contributed by atoms with E-state index in [2.05, 4.69) is 11.2 Å². The molecule has 0 unspecified atom stereocenters. The zero-order chi connectivity index (χ0) is 20.5. The van der Waals surface area contributed by atoms with Gasteiger partial charge in [-0.2, -0.15) is 0 Å². The Kier molecular flexibility index (Phi) is 5.52. The first-order valence-electron chi connectivity index (χ1n) is 9.21. The van der Waals surface area contributed by atoms with E-state index < -0.39 is 0 Å². The van der Waals surface area contributed by atoms with E-state index in [1.54, 1.807) is 32.5 Å². The summed E-state index contributed by atoms with van der Waals surface area (Å²) in [6.45, 7) is 2.39. The summed E-state index contributed by atoms with van der Waals surface area (Å²) < 4.78 is 16.0. The quantitative estimate of drug-likeness (QED) is 0.596. The van der Waals surface area contributed by atoms with Crippen LogP contribution >= 0.6 is 22.9 Å². The maximum absolute atomic E-state index is 13.3. The summed E-state index contributed by atoms with van der Waals surface area (Å²) in [5, 5.41) is 6.05. The molecule has 3 aromatic rings. The van der Waals surface area contributed by atoms with Crippen LogP contribution in [0.25, 0.3) is 0 Å². The number of rotatable bonds is 5. The van der Waals surface area contributed by atoms with E-state index in [0.717, 1.165) is 22.4 Å². The van der Waals surface area contributed by atoms with E-state index >= 15 is 0 Å². The highest BCUT2D eigenvalue weighted by Gasteiger charge is 2.34. The predicted octanol–water partition coefficient (Wildman–Crippen LogP) is 4.43. The summed E-state index contributed by atoms with van der Waals surface area (Å²) in [5.41, 5.74) is 3.49. The van der Waals surface area contributed by atoms with Gasteiger partial charge in [0.15, 0.2) is 11.5 Å². The van der Waals surface area contributed by atoms with Gasteiger partial charge in [-0.1, -0.05) is 11.2 Å². The lowest BCUT2D eigenvalue weighted by molar-refractivity contribution is -0.132. The number of aryl methyl sites for hydroxylation is 1. The van der Waals surface area contributed by atoms with Crippen LogP contribution in [0, 0.1) is 6.92 Å². The molecule has 0 fully saturated rings. The Balaban J connectivity index is 1.75. The van der Waals surface area contributed by atoms with Crippen molar-refractivity contribution in [2.75, 3.05) is 20.8 Å². The highest BCUT2D eigenvalue weighted by molar-refractivity contribution is 7.10. The molecule has 1 aliphatic rings. The maximum Gasteiger partial charge on any atom is 0.229 e. The van der Waals surface area contributed by atoms with Gasteiger partial charge in [0.2, 0.25) is 11.1 Å². The molecule has 152 valence electrons. The fourth-order valence-electron chi connectivity index (χ4n) is 3.78. The van der Waals surface area contributed by atoms with Crippen LogP contribution in [0.5, 0.6) is 11.5 Å². The van der Waals surface area contributed by atoms with Gasteiger partial charge in [0.25, 0.3) is 0 Å². The van der Waals surface area contributed by atoms with Crippen molar-refractivity contribution in [1.29, 1.82) is 0 Å². The molecule has 0 bridgehead atoms. The first-order chi connectivity index (χ1) is 14.0. The summed E-state index contributed by atoms with van der Waals surface area (Å²) in [6.07, 6.45) is 0.887. The average Bonchev–Trinajstić information content (AvgIpc) is 3.37. The SMILES string of the molecule is COc1cc2c(cc1OC)[C@H](c1cccs1)N(C(=O)Cc1c(C)noc1Cl)CC2. The largest absolute Gasteiger partial charge is 0.493 e. The highest BCUT2D eigenvalue weighted by Crippen LogP contribution is 2.42. The Hall–Kier alpha value is -2.51. The van der Waals surface area contributed by atoms with Crippen LogP contribution in [0.4, 0.5) is 0 Å². The number of hydrogen-bond acceptors (Lipinski definition) is 6. The first-order valence-corrected chi connectivity index (χ1v) is 10.5. The normalized spacial score (nSPS) is 15.9. The Morgan fingerprint density at radius 1 is 1.34 bits per heavy atom. The molecule has 1 aromatic carbocycles. The molecule has 4 rings (SSSR count). The molecule has 0 radical (unpaired) electrons. The number of aromatic nitrogens is 1. The molecule has 2 aromatic heterocycles. The smallest absolute Gasteiger partial charge is 0.229 e. The van der Waals surface area contributed by atoms with Crippen molar-refractivity contribution in [3.05, 3.63) is 62.1 Å². The molecule has 0 aliphatic carbocycles. The molecular formula is C21H21ClN2O4S. The zero-order valence-electron chi connectivity index (χ0n) is 16.4. The van der Waals surface area contributed by atoms with Crippen molar-refractivity contribution in [3.63, 3.8) is 0 Å². The van der Waals surface area contributed by atoms with E-state index in [1.807, 2.05) is 28.5 Å². The van der Waals surface area contributed by atoms with Crippen LogP contribution in [-0.4, -0.2) is 36.7 Å². The van der Waals surface area contributed by atoms with Gasteiger partial charge >= 0.3 is 0 Å². The molecule has 1 aliphatic heterocycles. The molecule has 8 heteroatoms. The Morgan fingerprint density at radius 2 is 2.10 bits per heavy atom. The molecule has 0 spiro atoms. The number of carbonyl (C=O) groups is 1. The summed E-state index contributed by atoms with van der Waals surface area (Å²) in [6, 6.07) is 7.86. The fraction of sp³-hybridized carbons (Fsp3) is 0.333. The lowest BCUT2D eigenvalue weighted by Crippen LogP contribution is -2.41. The van der Waals surface area contributed by atoms with Gasteiger partial charge in [0.1, 0.15) is 0 Å². The van der Waals surface area contributed by atoms with E-state index in [4.69, 9.17) is 25.6 Å². The van der Waals surface area contributed by atoms with Gasteiger partial charge in [0.05, 0.1) is 32.4 Å². The van der Waals surface area contributed by atoms with Crippen molar-refractivity contribution < 1.29 is 18.8 Å². The molecule has 3 heterocycles. The van der Waals surface area contributed by atoms with Gasteiger partial charge in [-0.3, -0.25) is 4.79 Å². The summed E-state index contributed by atoms with van der Waals surface area (Å²) in [4.78, 5) is 16.3. The summed E-state index contributed by atoms with van der Waals surface area (Å²) >= 11 is 7.72. The van der Waals surface area contributed by atoms with Crippen molar-refractivity contribution in [3.8, 4) is 11.5 Å². The minimum Gasteiger partial charge on any atom is -0.493 e. The number of hydrogen-bond donors (Lipinski definition) is 0. The Labute approximate surface area is 178 Å². The third kappa shape index (κ3) is 3.60.